The van der Waals surface area contributed by atoms with Crippen LogP contribution in [0.25, 0.3) is 11.2 Å². The molecule has 1 aromatic carbocycles. The van der Waals surface area contributed by atoms with E-state index in [4.69, 9.17) is 35.6 Å². The smallest absolute Gasteiger partial charge is 0.477 e. The minimum absolute atomic E-state index is 0.0493. The van der Waals surface area contributed by atoms with E-state index in [1.165, 1.54) is 18.4 Å². The highest BCUT2D eigenvalue weighted by molar-refractivity contribution is 6.30. The number of alkyl halides is 3. The molecule has 1 saturated heterocycles. The van der Waals surface area contributed by atoms with Gasteiger partial charge in [-0.2, -0.15) is 13.2 Å². The van der Waals surface area contributed by atoms with E-state index in [-0.39, 0.29) is 24.8 Å². The molecule has 0 atom stereocenters. The van der Waals surface area contributed by atoms with E-state index in [9.17, 15) is 27.5 Å². The van der Waals surface area contributed by atoms with Crippen molar-refractivity contribution < 1.29 is 46.5 Å². The molecule has 4 aromatic heterocycles. The highest BCUT2D eigenvalue weighted by Crippen LogP contribution is 2.34. The number of likely N-dealkylation sites (tertiary alicyclic amines) is 1. The van der Waals surface area contributed by atoms with Crippen molar-refractivity contribution in [3.63, 3.8) is 0 Å². The number of ether oxygens (including phenoxy) is 1. The van der Waals surface area contributed by atoms with Crippen LogP contribution in [-0.2, 0) is 24.5 Å². The summed E-state index contributed by atoms with van der Waals surface area (Å²) in [5.41, 5.74) is 2.45. The van der Waals surface area contributed by atoms with Crippen LogP contribution >= 0.6 is 11.6 Å². The Kier molecular flexibility index (Phi) is 10.5. The van der Waals surface area contributed by atoms with Crippen molar-refractivity contribution >= 4 is 34.7 Å². The summed E-state index contributed by atoms with van der Waals surface area (Å²) >= 11 is 5.87. The minimum atomic E-state index is -5.08. The molecule has 0 radical (unpaired) electrons. The predicted octanol–water partition coefficient (Wildman–Crippen LogP) is 5.95. The van der Waals surface area contributed by atoms with Crippen LogP contribution in [0.4, 0.5) is 17.6 Å². The number of nitrogens with zero attached hydrogens (tertiary/aromatic N) is 6. The average Bonchev–Trinajstić information content (AvgIpc) is 3.69. The summed E-state index contributed by atoms with van der Waals surface area (Å²) < 4.78 is 59.3. The summed E-state index contributed by atoms with van der Waals surface area (Å²) in [6.45, 7) is 2.51. The highest BCUT2D eigenvalue weighted by atomic mass is 35.5. The van der Waals surface area contributed by atoms with Crippen molar-refractivity contribution in [2.45, 2.75) is 44.6 Å². The number of pyridine rings is 2. The number of benzene rings is 1. The largest absolute Gasteiger partial charge is 0.490 e. The number of carboxylic acids is 2. The zero-order chi connectivity index (χ0) is 34.4. The molecule has 48 heavy (non-hydrogen) atoms. The summed E-state index contributed by atoms with van der Waals surface area (Å²) in [4.78, 5) is 40.5. The number of hydrogen-bond acceptors (Lipinski definition) is 9. The van der Waals surface area contributed by atoms with Gasteiger partial charge >= 0.3 is 18.1 Å². The van der Waals surface area contributed by atoms with Gasteiger partial charge in [-0.15, -0.1) is 0 Å². The van der Waals surface area contributed by atoms with Crippen LogP contribution in [-0.4, -0.2) is 70.8 Å². The maximum Gasteiger partial charge on any atom is 0.490 e. The first-order valence-corrected chi connectivity index (χ1v) is 14.8. The molecule has 1 fully saturated rings. The van der Waals surface area contributed by atoms with E-state index in [0.29, 0.717) is 40.1 Å². The number of carboxylic acid groups (broad SMARTS) is 2. The lowest BCUT2D eigenvalue weighted by molar-refractivity contribution is -0.192. The van der Waals surface area contributed by atoms with Gasteiger partial charge in [0.1, 0.15) is 36.6 Å². The number of imidazole rings is 1. The van der Waals surface area contributed by atoms with E-state index in [2.05, 4.69) is 19.9 Å². The molecule has 252 valence electrons. The number of aromatic nitrogens is 5. The van der Waals surface area contributed by atoms with Crippen molar-refractivity contribution in [3.05, 3.63) is 100 Å². The standard InChI is InChI=1S/C29H26ClFN6O4.C2HF3O2/c30-20-4-3-19(22(31)14-20)17-41-28-21(2-1-9-33-28)18-7-11-36(12-8-18)15-25-34-23-5-6-24(29(38)39)35-27(23)37(25)16-26-32-10-13-40-26;3-2(4,5)1(6)7/h1-6,9-10,13-14,18H,7-8,11-12,15-17H2,(H,38,39);(H,6,7). The fourth-order valence-corrected chi connectivity index (χ4v) is 5.30. The second-order valence-corrected chi connectivity index (χ2v) is 11.1. The van der Waals surface area contributed by atoms with Gasteiger partial charge in [0.2, 0.25) is 11.8 Å². The third kappa shape index (κ3) is 8.43. The molecule has 0 bridgehead atoms. The van der Waals surface area contributed by atoms with Crippen LogP contribution < -0.4 is 4.74 Å². The Labute approximate surface area is 274 Å². The van der Waals surface area contributed by atoms with Gasteiger partial charge in [0.25, 0.3) is 0 Å². The van der Waals surface area contributed by atoms with Crippen molar-refractivity contribution in [2.24, 2.45) is 0 Å². The summed E-state index contributed by atoms with van der Waals surface area (Å²) in [6, 6.07) is 11.6. The Morgan fingerprint density at radius 2 is 1.77 bits per heavy atom. The normalized spacial score (nSPS) is 14.0. The van der Waals surface area contributed by atoms with E-state index < -0.39 is 23.9 Å². The van der Waals surface area contributed by atoms with E-state index in [0.717, 1.165) is 37.3 Å². The number of rotatable bonds is 9. The van der Waals surface area contributed by atoms with Gasteiger partial charge in [-0.3, -0.25) is 4.90 Å². The monoisotopic (exact) mass is 690 g/mol. The number of halogens is 5. The number of piperidine rings is 1. The van der Waals surface area contributed by atoms with Gasteiger partial charge in [0.05, 0.1) is 12.7 Å². The van der Waals surface area contributed by atoms with Gasteiger partial charge < -0.3 is 23.9 Å². The molecule has 0 spiro atoms. The Morgan fingerprint density at radius 1 is 1.02 bits per heavy atom. The van der Waals surface area contributed by atoms with Crippen LogP contribution in [0.1, 0.15) is 52.1 Å². The first-order valence-electron chi connectivity index (χ1n) is 14.4. The number of carbonyl (C=O) groups is 2. The lowest BCUT2D eigenvalue weighted by atomic mass is 9.90. The zero-order valence-corrected chi connectivity index (χ0v) is 25.7. The molecular weight excluding hydrogens is 664 g/mol. The SMILES string of the molecule is O=C(O)C(F)(F)F.O=C(O)c1ccc2nc(CN3CCC(c4cccnc4OCc4ccc(Cl)cc4F)CC3)n(Cc3ncco3)c2n1. The average molecular weight is 691 g/mol. The molecular formula is C31H27ClF4N6O6. The molecule has 17 heteroatoms. The Bertz CT molecular complexity index is 1890. The van der Waals surface area contributed by atoms with Crippen molar-refractivity contribution in [3.8, 4) is 5.88 Å². The number of aromatic carboxylic acids is 1. The molecule has 0 aliphatic carbocycles. The predicted molar refractivity (Wildman–Crippen MR) is 161 cm³/mol. The maximum absolute atomic E-state index is 14.3. The Balaban J connectivity index is 0.000000582. The second kappa shape index (κ2) is 14.8. The number of fused-ring (bicyclic) bond motifs is 1. The molecule has 5 aromatic rings. The highest BCUT2D eigenvalue weighted by Gasteiger charge is 2.38. The second-order valence-electron chi connectivity index (χ2n) is 10.7. The van der Waals surface area contributed by atoms with Crippen LogP contribution in [0.15, 0.2) is 65.5 Å². The molecule has 2 N–H and O–H groups in total. The summed E-state index contributed by atoms with van der Waals surface area (Å²) in [7, 11) is 0. The summed E-state index contributed by atoms with van der Waals surface area (Å²) in [5, 5.41) is 16.9. The molecule has 0 amide bonds. The van der Waals surface area contributed by atoms with Crippen molar-refractivity contribution in [1.82, 2.24) is 29.4 Å². The van der Waals surface area contributed by atoms with Gasteiger partial charge in [-0.25, -0.2) is 33.9 Å². The van der Waals surface area contributed by atoms with E-state index in [1.807, 2.05) is 16.7 Å². The fraction of sp³-hybridized carbons (Fsp3) is 0.290. The van der Waals surface area contributed by atoms with Gasteiger partial charge in [-0.1, -0.05) is 23.7 Å². The van der Waals surface area contributed by atoms with Crippen molar-refractivity contribution in [2.75, 3.05) is 13.1 Å². The Hall–Kier alpha value is -5.09. The van der Waals surface area contributed by atoms with E-state index >= 15 is 0 Å². The van der Waals surface area contributed by atoms with Crippen LogP contribution in [0.3, 0.4) is 0 Å². The third-order valence-corrected chi connectivity index (χ3v) is 7.72. The molecule has 1 aliphatic heterocycles. The zero-order valence-electron chi connectivity index (χ0n) is 24.9. The van der Waals surface area contributed by atoms with Crippen LogP contribution in [0.2, 0.25) is 5.02 Å². The molecule has 0 saturated carbocycles. The Morgan fingerprint density at radius 3 is 2.42 bits per heavy atom. The maximum atomic E-state index is 14.3. The minimum Gasteiger partial charge on any atom is -0.477 e. The molecule has 1 aliphatic rings. The summed E-state index contributed by atoms with van der Waals surface area (Å²) in [6.07, 6.45) is 1.40. The quantitative estimate of drug-likeness (QED) is 0.176. The van der Waals surface area contributed by atoms with Crippen molar-refractivity contribution in [1.29, 1.82) is 0 Å². The number of hydrogen-bond donors (Lipinski definition) is 2. The first kappa shape index (κ1) is 34.3. The fourth-order valence-electron chi connectivity index (χ4n) is 5.14. The van der Waals surface area contributed by atoms with Crippen LogP contribution in [0, 0.1) is 5.82 Å². The molecule has 6 rings (SSSR count). The van der Waals surface area contributed by atoms with Gasteiger partial charge in [0, 0.05) is 22.3 Å². The van der Waals surface area contributed by atoms with Gasteiger partial charge in [-0.05, 0) is 62.2 Å². The number of aliphatic carboxylic acids is 1. The van der Waals surface area contributed by atoms with Crippen LogP contribution in [0.5, 0.6) is 5.88 Å². The lowest BCUT2D eigenvalue weighted by Crippen LogP contribution is -2.33. The van der Waals surface area contributed by atoms with E-state index in [1.54, 1.807) is 30.6 Å². The first-order chi connectivity index (χ1) is 22.9. The molecule has 5 heterocycles. The number of oxazole rings is 1. The topological polar surface area (TPSA) is 157 Å². The summed E-state index contributed by atoms with van der Waals surface area (Å²) in [5.74, 6) is -2.30. The molecule has 12 nitrogen and oxygen atoms in total. The lowest BCUT2D eigenvalue weighted by Gasteiger charge is -2.32. The third-order valence-electron chi connectivity index (χ3n) is 7.48. The molecule has 0 unspecified atom stereocenters. The van der Waals surface area contributed by atoms with Gasteiger partial charge in [0.15, 0.2) is 11.3 Å².